The number of allylic oxidation sites excluding steroid dienone is 1. The topological polar surface area (TPSA) is 48.0 Å². The third-order valence-electron chi connectivity index (χ3n) is 12.2. The average molecular weight is 614 g/mol. The number of carbonyl (C=O) groups is 1. The molecule has 0 radical (unpaired) electrons. The van der Waals surface area contributed by atoms with Crippen LogP contribution < -0.4 is 5.19 Å². The summed E-state index contributed by atoms with van der Waals surface area (Å²) >= 11 is 0. The second kappa shape index (κ2) is 12.6. The third-order valence-corrected chi connectivity index (χ3v) is 16.4. The number of ether oxygens (including phenoxy) is 3. The van der Waals surface area contributed by atoms with E-state index in [2.05, 4.69) is 85.6 Å². The molecule has 0 unspecified atom stereocenters. The Balaban J connectivity index is 1.18. The lowest BCUT2D eigenvalue weighted by molar-refractivity contribution is -0.153. The Hall–Kier alpha value is -2.09. The van der Waals surface area contributed by atoms with Crippen LogP contribution in [0.4, 0.5) is 0 Å². The minimum Gasteiger partial charge on any atom is -0.377 e. The minimum atomic E-state index is -1.83. The van der Waals surface area contributed by atoms with Crippen molar-refractivity contribution in [1.29, 1.82) is 0 Å². The van der Waals surface area contributed by atoms with Gasteiger partial charge in [-0.05, 0) is 61.5 Å². The summed E-state index contributed by atoms with van der Waals surface area (Å²) in [5, 5.41) is 1.53. The number of nitrogens with zero attached hydrogens (tertiary/aromatic N) is 1. The fourth-order valence-corrected chi connectivity index (χ4v) is 13.6. The zero-order valence-electron chi connectivity index (χ0n) is 27.0. The Bertz CT molecular complexity index is 1320. The summed E-state index contributed by atoms with van der Waals surface area (Å²) in [6, 6.07) is 22.2. The second-order valence-corrected chi connectivity index (χ2v) is 19.6. The van der Waals surface area contributed by atoms with E-state index >= 15 is 4.79 Å². The molecule has 3 aliphatic heterocycles. The highest BCUT2D eigenvalue weighted by Gasteiger charge is 2.66. The van der Waals surface area contributed by atoms with Gasteiger partial charge in [0.25, 0.3) is 0 Å². The van der Waals surface area contributed by atoms with Crippen molar-refractivity contribution >= 4 is 19.0 Å². The number of ketones is 1. The van der Waals surface area contributed by atoms with Crippen LogP contribution in [0.25, 0.3) is 0 Å². The molecule has 7 rings (SSSR count). The molecule has 0 aromatic heterocycles. The number of Topliss-reactive ketones (excluding diaryl/α,β-unsaturated/α-hetero) is 1. The average Bonchev–Trinajstić information content (AvgIpc) is 3.85. The monoisotopic (exact) mass is 613 g/mol. The van der Waals surface area contributed by atoms with Gasteiger partial charge >= 0.3 is 0 Å². The van der Waals surface area contributed by atoms with E-state index in [0.29, 0.717) is 62.1 Å². The summed E-state index contributed by atoms with van der Waals surface area (Å²) in [5.74, 6) is 1.64. The summed E-state index contributed by atoms with van der Waals surface area (Å²) in [5.41, 5.74) is 3.04. The molecule has 0 N–H and O–H groups in total. The summed E-state index contributed by atoms with van der Waals surface area (Å²) < 4.78 is 18.3. The van der Waals surface area contributed by atoms with Crippen LogP contribution in [0.3, 0.4) is 0 Å². The normalized spacial score (nSPS) is 34.1. The van der Waals surface area contributed by atoms with Crippen molar-refractivity contribution in [2.75, 3.05) is 26.4 Å². The van der Waals surface area contributed by atoms with E-state index in [4.69, 9.17) is 14.2 Å². The van der Waals surface area contributed by atoms with Gasteiger partial charge in [0.05, 0.1) is 27.9 Å². The zero-order chi connectivity index (χ0) is 30.3. The number of piperidine rings is 1. The summed E-state index contributed by atoms with van der Waals surface area (Å²) in [6.07, 6.45) is 9.33. The van der Waals surface area contributed by atoms with Gasteiger partial charge in [-0.3, -0.25) is 9.69 Å². The van der Waals surface area contributed by atoms with Crippen molar-refractivity contribution in [2.24, 2.45) is 23.2 Å². The molecule has 0 amide bonds. The number of hydrogen-bond acceptors (Lipinski definition) is 5. The lowest BCUT2D eigenvalue weighted by Gasteiger charge is -2.54. The van der Waals surface area contributed by atoms with Crippen molar-refractivity contribution < 1.29 is 19.0 Å². The van der Waals surface area contributed by atoms with Gasteiger partial charge in [0.1, 0.15) is 5.78 Å². The molecule has 1 saturated carbocycles. The van der Waals surface area contributed by atoms with Gasteiger partial charge in [0, 0.05) is 43.0 Å². The van der Waals surface area contributed by atoms with Crippen molar-refractivity contribution in [2.45, 2.75) is 95.5 Å². The molecule has 2 aromatic carbocycles. The zero-order valence-corrected chi connectivity index (χ0v) is 28.0. The van der Waals surface area contributed by atoms with Gasteiger partial charge in [-0.25, -0.2) is 0 Å². The third kappa shape index (κ3) is 5.39. The van der Waals surface area contributed by atoms with Crippen molar-refractivity contribution in [3.63, 3.8) is 0 Å². The fourth-order valence-electron chi connectivity index (χ4n) is 10.1. The quantitative estimate of drug-likeness (QED) is 0.160. The summed E-state index contributed by atoms with van der Waals surface area (Å²) in [7, 11) is -1.83. The van der Waals surface area contributed by atoms with Crippen LogP contribution in [-0.2, 0) is 25.6 Å². The maximum atomic E-state index is 15.2. The van der Waals surface area contributed by atoms with E-state index < -0.39 is 8.07 Å². The molecular weight excluding hydrogens is 563 g/mol. The Morgan fingerprint density at radius 3 is 2.48 bits per heavy atom. The van der Waals surface area contributed by atoms with E-state index in [-0.39, 0.29) is 23.7 Å². The highest BCUT2D eigenvalue weighted by atomic mass is 28.3. The summed E-state index contributed by atoms with van der Waals surface area (Å²) in [6.45, 7) is 11.2. The van der Waals surface area contributed by atoms with Gasteiger partial charge in [0.15, 0.2) is 6.29 Å². The molecule has 0 bridgehead atoms. The Kier molecular flexibility index (Phi) is 8.75. The van der Waals surface area contributed by atoms with E-state index in [0.717, 1.165) is 32.2 Å². The highest BCUT2D eigenvalue weighted by molar-refractivity contribution is 6.91. The lowest BCUT2D eigenvalue weighted by atomic mass is 9.63. The van der Waals surface area contributed by atoms with Gasteiger partial charge in [0.2, 0.25) is 0 Å². The van der Waals surface area contributed by atoms with E-state index in [9.17, 15) is 0 Å². The smallest absolute Gasteiger partial charge is 0.158 e. The highest BCUT2D eigenvalue weighted by Crippen LogP contribution is 2.61. The van der Waals surface area contributed by atoms with Gasteiger partial charge in [-0.1, -0.05) is 97.5 Å². The molecule has 5 nitrogen and oxygen atoms in total. The first-order chi connectivity index (χ1) is 21.4. The maximum Gasteiger partial charge on any atom is 0.158 e. The van der Waals surface area contributed by atoms with Crippen LogP contribution in [0.2, 0.25) is 18.6 Å². The summed E-state index contributed by atoms with van der Waals surface area (Å²) in [4.78, 5) is 18.1. The molecule has 0 spiro atoms. The van der Waals surface area contributed by atoms with E-state index in [1.54, 1.807) is 5.57 Å². The first-order valence-corrected chi connectivity index (χ1v) is 20.4. The van der Waals surface area contributed by atoms with Gasteiger partial charge in [-0.15, -0.1) is 0 Å². The molecular formula is C38H51NO4Si. The van der Waals surface area contributed by atoms with Gasteiger partial charge in [-0.2, -0.15) is 0 Å². The SMILES string of the molecule is C[C@@H]1CN2[C@H]3[C@@H]1CC[C@@]3(CCCOCc1ccccc1)C(=O)[C@@H](CC1OCCO1)[C@@H]2C1=CCC[C@@H]1[Si](C)(C)c1ccccc1. The van der Waals surface area contributed by atoms with Crippen LogP contribution in [0.5, 0.6) is 0 Å². The number of benzene rings is 2. The van der Waals surface area contributed by atoms with E-state index in [1.807, 2.05) is 6.07 Å². The Morgan fingerprint density at radius 2 is 1.73 bits per heavy atom. The predicted molar refractivity (Wildman–Crippen MR) is 177 cm³/mol. The van der Waals surface area contributed by atoms with Crippen LogP contribution >= 0.6 is 0 Å². The lowest BCUT2D eigenvalue weighted by Crippen LogP contribution is -2.64. The van der Waals surface area contributed by atoms with Crippen molar-refractivity contribution in [3.05, 3.63) is 77.9 Å². The number of rotatable bonds is 11. The molecule has 3 heterocycles. The molecule has 6 heteroatoms. The molecule has 44 heavy (non-hydrogen) atoms. The Morgan fingerprint density at radius 1 is 1.00 bits per heavy atom. The van der Waals surface area contributed by atoms with Crippen LogP contribution in [0.1, 0.15) is 57.4 Å². The largest absolute Gasteiger partial charge is 0.377 e. The van der Waals surface area contributed by atoms with E-state index in [1.165, 1.54) is 23.6 Å². The van der Waals surface area contributed by atoms with Crippen molar-refractivity contribution in [3.8, 4) is 0 Å². The fraction of sp³-hybridized carbons (Fsp3) is 0.605. The minimum absolute atomic E-state index is 0.0870. The molecule has 5 aliphatic rings. The molecule has 2 aliphatic carbocycles. The van der Waals surface area contributed by atoms with Crippen molar-refractivity contribution in [1.82, 2.24) is 4.90 Å². The second-order valence-electron chi connectivity index (χ2n) is 14.9. The molecule has 4 fully saturated rings. The molecule has 236 valence electrons. The van der Waals surface area contributed by atoms with Gasteiger partial charge < -0.3 is 14.2 Å². The number of hydrogen-bond donors (Lipinski definition) is 0. The molecule has 2 aromatic rings. The van der Waals surface area contributed by atoms with Crippen LogP contribution in [0.15, 0.2) is 72.3 Å². The Labute approximate surface area is 265 Å². The molecule has 7 atom stereocenters. The standard InChI is InChI=1S/C38H51NO4Si/c1-27-25-39-35(31-16-10-17-33(31)44(2,3)29-14-8-5-9-15-29)32(24-34-42-22-23-43-34)37(40)38(20-18-30(27)36(38)39)19-11-21-41-26-28-12-6-4-7-13-28/h4-9,12-16,27,30,32-36H,10-11,17-26H2,1-3H3/t27-,30-,32+,33+,35+,36+,38-/m1/s1. The first-order valence-electron chi connectivity index (χ1n) is 17.3. The number of carbonyl (C=O) groups excluding carboxylic acids is 1. The first kappa shape index (κ1) is 30.6. The maximum absolute atomic E-state index is 15.2. The molecule has 3 saturated heterocycles. The predicted octanol–water partition coefficient (Wildman–Crippen LogP) is 6.74. The van der Waals surface area contributed by atoms with Crippen LogP contribution in [0, 0.1) is 23.2 Å². The van der Waals surface area contributed by atoms with Crippen LogP contribution in [-0.4, -0.2) is 63.5 Å².